The van der Waals surface area contributed by atoms with Gasteiger partial charge in [-0.1, -0.05) is 6.07 Å². The van der Waals surface area contributed by atoms with E-state index in [1.165, 1.54) is 0 Å². The molecular formula is C19H25NO5. The van der Waals surface area contributed by atoms with Gasteiger partial charge in [0.25, 0.3) is 0 Å². The van der Waals surface area contributed by atoms with Crippen LogP contribution in [0.4, 0.5) is 0 Å². The van der Waals surface area contributed by atoms with Crippen molar-refractivity contribution in [2.45, 2.75) is 25.6 Å². The van der Waals surface area contributed by atoms with Gasteiger partial charge in [0.1, 0.15) is 17.6 Å². The van der Waals surface area contributed by atoms with Crippen LogP contribution in [0, 0.1) is 6.92 Å². The molecule has 2 atom stereocenters. The fourth-order valence-electron chi connectivity index (χ4n) is 3.35. The number of nitrogens with zero attached hydrogens (tertiary/aromatic N) is 1. The Morgan fingerprint density at radius 3 is 2.60 bits per heavy atom. The molecule has 0 aliphatic carbocycles. The summed E-state index contributed by atoms with van der Waals surface area (Å²) in [7, 11) is 3.23. The molecule has 0 bridgehead atoms. The number of hydrogen-bond donors (Lipinski definition) is 1. The predicted molar refractivity (Wildman–Crippen MR) is 93.0 cm³/mol. The van der Waals surface area contributed by atoms with Gasteiger partial charge in [0.2, 0.25) is 0 Å². The van der Waals surface area contributed by atoms with Crippen molar-refractivity contribution < 1.29 is 23.7 Å². The number of methoxy groups -OCH3 is 2. The fraction of sp³-hybridized carbons (Fsp3) is 0.474. The highest BCUT2D eigenvalue weighted by molar-refractivity contribution is 5.44. The summed E-state index contributed by atoms with van der Waals surface area (Å²) < 4.78 is 22.3. The molecule has 1 aliphatic heterocycles. The number of morpholine rings is 1. The van der Waals surface area contributed by atoms with Crippen LogP contribution in [0.3, 0.4) is 0 Å². The van der Waals surface area contributed by atoms with Crippen LogP contribution < -0.4 is 9.47 Å². The molecule has 0 radical (unpaired) electrons. The number of ether oxygens (including phenoxy) is 3. The zero-order chi connectivity index (χ0) is 17.8. The number of aliphatic hydroxyl groups is 1. The summed E-state index contributed by atoms with van der Waals surface area (Å²) in [6, 6.07) is 9.68. The molecule has 6 heteroatoms. The summed E-state index contributed by atoms with van der Waals surface area (Å²) in [5.41, 5.74) is 1.01. The highest BCUT2D eigenvalue weighted by atomic mass is 16.5. The number of aryl methyl sites for hydroxylation is 1. The van der Waals surface area contributed by atoms with Crippen molar-refractivity contribution in [1.82, 2.24) is 4.90 Å². The molecule has 1 saturated heterocycles. The van der Waals surface area contributed by atoms with E-state index in [0.29, 0.717) is 24.7 Å². The van der Waals surface area contributed by atoms with Crippen molar-refractivity contribution in [1.29, 1.82) is 0 Å². The van der Waals surface area contributed by atoms with E-state index in [2.05, 4.69) is 4.90 Å². The smallest absolute Gasteiger partial charge is 0.161 e. The van der Waals surface area contributed by atoms with Crippen molar-refractivity contribution in [2.75, 3.05) is 34.0 Å². The van der Waals surface area contributed by atoms with Crippen molar-refractivity contribution in [3.05, 3.63) is 47.4 Å². The average Bonchev–Trinajstić information content (AvgIpc) is 3.05. The number of aliphatic hydroxyl groups excluding tert-OH is 1. The number of hydrogen-bond acceptors (Lipinski definition) is 6. The van der Waals surface area contributed by atoms with E-state index in [1.54, 1.807) is 14.2 Å². The summed E-state index contributed by atoms with van der Waals surface area (Å²) in [6.07, 6.45) is -0.303. The van der Waals surface area contributed by atoms with Crippen LogP contribution in [0.2, 0.25) is 0 Å². The number of furan rings is 1. The second-order valence-corrected chi connectivity index (χ2v) is 6.13. The molecule has 2 heterocycles. The topological polar surface area (TPSA) is 64.3 Å². The van der Waals surface area contributed by atoms with Gasteiger partial charge in [-0.25, -0.2) is 0 Å². The van der Waals surface area contributed by atoms with Crippen molar-refractivity contribution in [2.24, 2.45) is 0 Å². The van der Waals surface area contributed by atoms with Gasteiger partial charge in [-0.05, 0) is 36.8 Å². The summed E-state index contributed by atoms with van der Waals surface area (Å²) in [4.78, 5) is 2.27. The normalized spacial score (nSPS) is 21.3. The number of benzene rings is 1. The summed E-state index contributed by atoms with van der Waals surface area (Å²) in [6.45, 7) is 3.88. The Morgan fingerprint density at radius 1 is 1.16 bits per heavy atom. The van der Waals surface area contributed by atoms with Crippen molar-refractivity contribution in [3.63, 3.8) is 0 Å². The van der Waals surface area contributed by atoms with E-state index in [9.17, 15) is 5.11 Å². The molecule has 1 fully saturated rings. The van der Waals surface area contributed by atoms with Gasteiger partial charge >= 0.3 is 0 Å². The van der Waals surface area contributed by atoms with Gasteiger partial charge in [-0.3, -0.25) is 4.90 Å². The maximum Gasteiger partial charge on any atom is 0.161 e. The fourth-order valence-corrected chi connectivity index (χ4v) is 3.35. The first-order valence-electron chi connectivity index (χ1n) is 8.40. The van der Waals surface area contributed by atoms with Gasteiger partial charge in [0.05, 0.1) is 40.0 Å². The SMILES string of the molecule is COc1ccc([C@@H]2[C@@H](CO)OCCN2Cc2ccc(C)o2)cc1OC. The lowest BCUT2D eigenvalue weighted by atomic mass is 9.97. The van der Waals surface area contributed by atoms with Gasteiger partial charge in [-0.15, -0.1) is 0 Å². The molecule has 2 aromatic rings. The average molecular weight is 347 g/mol. The van der Waals surface area contributed by atoms with Gasteiger partial charge in [0, 0.05) is 6.54 Å². The van der Waals surface area contributed by atoms with Crippen LogP contribution in [-0.2, 0) is 11.3 Å². The largest absolute Gasteiger partial charge is 0.493 e. The van der Waals surface area contributed by atoms with Crippen LogP contribution in [0.15, 0.2) is 34.7 Å². The van der Waals surface area contributed by atoms with E-state index >= 15 is 0 Å². The summed E-state index contributed by atoms with van der Waals surface area (Å²) in [5.74, 6) is 3.14. The Balaban J connectivity index is 1.91. The molecule has 136 valence electrons. The Kier molecular flexibility index (Phi) is 5.63. The molecule has 1 N–H and O–H groups in total. The lowest BCUT2D eigenvalue weighted by Gasteiger charge is -2.40. The van der Waals surface area contributed by atoms with E-state index in [4.69, 9.17) is 18.6 Å². The standard InChI is InChI=1S/C19H25NO5/c1-13-4-6-15(25-13)11-20-8-9-24-18(12-21)19(20)14-5-7-16(22-2)17(10-14)23-3/h4-7,10,18-19,21H,8-9,11-12H2,1-3H3/t18-,19-/m1/s1. The second kappa shape index (κ2) is 7.91. The first-order chi connectivity index (χ1) is 12.2. The molecule has 0 unspecified atom stereocenters. The number of rotatable bonds is 6. The Bertz CT molecular complexity index is 699. The van der Waals surface area contributed by atoms with Crippen molar-refractivity contribution in [3.8, 4) is 11.5 Å². The first-order valence-corrected chi connectivity index (χ1v) is 8.40. The maximum absolute atomic E-state index is 9.81. The molecule has 6 nitrogen and oxygen atoms in total. The van der Waals surface area contributed by atoms with Gasteiger partial charge in [-0.2, -0.15) is 0 Å². The molecule has 0 saturated carbocycles. The predicted octanol–water partition coefficient (Wildman–Crippen LogP) is 2.54. The third-order valence-electron chi connectivity index (χ3n) is 4.54. The lowest BCUT2D eigenvalue weighted by Crippen LogP contribution is -2.46. The quantitative estimate of drug-likeness (QED) is 0.866. The van der Waals surface area contributed by atoms with Crippen LogP contribution in [-0.4, -0.2) is 50.1 Å². The highest BCUT2D eigenvalue weighted by Gasteiger charge is 2.34. The Hall–Kier alpha value is -2.02. The molecule has 25 heavy (non-hydrogen) atoms. The molecule has 0 spiro atoms. The maximum atomic E-state index is 9.81. The molecular weight excluding hydrogens is 322 g/mol. The van der Waals surface area contributed by atoms with E-state index < -0.39 is 0 Å². The third kappa shape index (κ3) is 3.81. The highest BCUT2D eigenvalue weighted by Crippen LogP contribution is 2.36. The molecule has 3 rings (SSSR count). The lowest BCUT2D eigenvalue weighted by molar-refractivity contribution is -0.0975. The zero-order valence-electron chi connectivity index (χ0n) is 14.9. The zero-order valence-corrected chi connectivity index (χ0v) is 14.9. The Morgan fingerprint density at radius 2 is 1.96 bits per heavy atom. The first kappa shape index (κ1) is 17.8. The molecule has 1 aliphatic rings. The minimum Gasteiger partial charge on any atom is -0.493 e. The van der Waals surface area contributed by atoms with E-state index in [0.717, 1.165) is 23.6 Å². The van der Waals surface area contributed by atoms with Crippen LogP contribution in [0.25, 0.3) is 0 Å². The minimum atomic E-state index is -0.303. The van der Waals surface area contributed by atoms with Gasteiger partial charge in [0.15, 0.2) is 11.5 Å². The second-order valence-electron chi connectivity index (χ2n) is 6.13. The monoisotopic (exact) mass is 347 g/mol. The molecule has 1 aromatic heterocycles. The molecule has 1 aromatic carbocycles. The molecule has 0 amide bonds. The van der Waals surface area contributed by atoms with Crippen LogP contribution in [0.1, 0.15) is 23.1 Å². The third-order valence-corrected chi connectivity index (χ3v) is 4.54. The van der Waals surface area contributed by atoms with E-state index in [-0.39, 0.29) is 18.8 Å². The van der Waals surface area contributed by atoms with Crippen molar-refractivity contribution >= 4 is 0 Å². The van der Waals surface area contributed by atoms with Crippen LogP contribution >= 0.6 is 0 Å². The Labute approximate surface area is 147 Å². The van der Waals surface area contributed by atoms with E-state index in [1.807, 2.05) is 37.3 Å². The van der Waals surface area contributed by atoms with Gasteiger partial charge < -0.3 is 23.7 Å². The van der Waals surface area contributed by atoms with Crippen LogP contribution in [0.5, 0.6) is 11.5 Å². The summed E-state index contributed by atoms with van der Waals surface area (Å²) >= 11 is 0. The minimum absolute atomic E-state index is 0.0489. The summed E-state index contributed by atoms with van der Waals surface area (Å²) in [5, 5.41) is 9.81.